The quantitative estimate of drug-likeness (QED) is 0.0283. The van der Waals surface area contributed by atoms with Crippen molar-refractivity contribution in [1.29, 1.82) is 0 Å². The Hall–Kier alpha value is -1.56. The summed E-state index contributed by atoms with van der Waals surface area (Å²) < 4.78 is 22.1. The molecule has 1 rings (SSSR count). The molecule has 0 spiro atoms. The van der Waals surface area contributed by atoms with E-state index in [0.29, 0.717) is 6.42 Å². The van der Waals surface area contributed by atoms with Crippen molar-refractivity contribution in [3.05, 3.63) is 12.2 Å². The third kappa shape index (κ3) is 25.5. The van der Waals surface area contributed by atoms with E-state index in [-0.39, 0.29) is 32.0 Å². The van der Waals surface area contributed by atoms with E-state index in [0.717, 1.165) is 38.5 Å². The van der Waals surface area contributed by atoms with Crippen LogP contribution in [0.2, 0.25) is 0 Å². The highest BCUT2D eigenvalue weighted by Crippen LogP contribution is 2.23. The molecule has 0 aromatic rings. The number of hydrogen-bond acceptors (Lipinski definition) is 10. The van der Waals surface area contributed by atoms with E-state index in [2.05, 4.69) is 26.0 Å². The number of rotatable bonds is 35. The zero-order valence-corrected chi connectivity index (χ0v) is 33.1. The maximum Gasteiger partial charge on any atom is 0.306 e. The predicted octanol–water partition coefficient (Wildman–Crippen LogP) is 8.39. The summed E-state index contributed by atoms with van der Waals surface area (Å²) in [6.07, 6.45) is 26.4. The average molecular weight is 743 g/mol. The van der Waals surface area contributed by atoms with Crippen molar-refractivity contribution in [2.75, 3.05) is 19.8 Å². The lowest BCUT2D eigenvalue weighted by Crippen LogP contribution is -2.59. The van der Waals surface area contributed by atoms with Gasteiger partial charge in [-0.15, -0.1) is 0 Å². The second kappa shape index (κ2) is 34.0. The van der Waals surface area contributed by atoms with Crippen molar-refractivity contribution in [3.63, 3.8) is 0 Å². The van der Waals surface area contributed by atoms with Gasteiger partial charge in [0.05, 0.1) is 13.2 Å². The summed E-state index contributed by atoms with van der Waals surface area (Å²) in [4.78, 5) is 25.2. The van der Waals surface area contributed by atoms with Gasteiger partial charge in [-0.2, -0.15) is 0 Å². The summed E-state index contributed by atoms with van der Waals surface area (Å²) in [6.45, 7) is 3.39. The summed E-state index contributed by atoms with van der Waals surface area (Å²) >= 11 is 0. The maximum absolute atomic E-state index is 12.7. The van der Waals surface area contributed by atoms with Gasteiger partial charge in [0, 0.05) is 12.8 Å². The van der Waals surface area contributed by atoms with Gasteiger partial charge in [0.1, 0.15) is 31.0 Å². The van der Waals surface area contributed by atoms with E-state index in [4.69, 9.17) is 18.9 Å². The minimum Gasteiger partial charge on any atom is -0.462 e. The van der Waals surface area contributed by atoms with Crippen LogP contribution in [0.15, 0.2) is 12.2 Å². The number of esters is 2. The largest absolute Gasteiger partial charge is 0.462 e. The SMILES string of the molecule is CCCC/C=C/CCCCCCCCCCCC(=O)O[C@H](COC(=O)CCCCCCCCCCCCCC)CO[C@@H]1O[C@H](CO)[C@H](O)C(O)C1O. The molecule has 1 saturated heterocycles. The monoisotopic (exact) mass is 743 g/mol. The first-order valence-corrected chi connectivity index (χ1v) is 21.3. The summed E-state index contributed by atoms with van der Waals surface area (Å²) in [7, 11) is 0. The predicted molar refractivity (Wildman–Crippen MR) is 206 cm³/mol. The molecular formula is C42H78O10. The van der Waals surface area contributed by atoms with Gasteiger partial charge in [-0.25, -0.2) is 0 Å². The van der Waals surface area contributed by atoms with E-state index in [1.54, 1.807) is 0 Å². The van der Waals surface area contributed by atoms with Gasteiger partial charge >= 0.3 is 11.9 Å². The van der Waals surface area contributed by atoms with E-state index in [9.17, 15) is 30.0 Å². The lowest BCUT2D eigenvalue weighted by atomic mass is 9.99. The standard InChI is InChI=1S/C42H78O10/c1-3-5-7-9-11-13-15-17-18-19-21-23-25-27-29-31-38(45)51-35(34-50-42-41(48)40(47)39(46)36(32-43)52-42)33-49-37(44)30-28-26-24-22-20-16-14-12-10-8-6-4-2/h9,11,35-36,39-43,46-48H,3-8,10,12-34H2,1-2H3/b11-9+/t35-,36-,39+,40?,41?,42-/m1/s1. The molecule has 1 aliphatic heterocycles. The zero-order chi connectivity index (χ0) is 38.1. The minimum atomic E-state index is -1.59. The molecule has 1 heterocycles. The number of carbonyl (C=O) groups excluding carboxylic acids is 2. The molecule has 0 aromatic heterocycles. The topological polar surface area (TPSA) is 152 Å². The summed E-state index contributed by atoms with van der Waals surface area (Å²) in [5, 5.41) is 40.0. The van der Waals surface area contributed by atoms with E-state index in [1.807, 2.05) is 0 Å². The third-order valence-corrected chi connectivity index (χ3v) is 9.90. The van der Waals surface area contributed by atoms with Crippen molar-refractivity contribution in [2.45, 2.75) is 224 Å². The molecule has 0 saturated carbocycles. The Bertz CT molecular complexity index is 866. The molecule has 1 aliphatic rings. The van der Waals surface area contributed by atoms with Gasteiger partial charge in [-0.05, 0) is 32.1 Å². The molecule has 0 aliphatic carbocycles. The van der Waals surface area contributed by atoms with Crippen molar-refractivity contribution < 1.29 is 49.0 Å². The van der Waals surface area contributed by atoms with E-state index in [1.165, 1.54) is 116 Å². The van der Waals surface area contributed by atoms with Crippen molar-refractivity contribution in [2.24, 2.45) is 0 Å². The van der Waals surface area contributed by atoms with Crippen LogP contribution in [-0.2, 0) is 28.5 Å². The Labute approximate surface area is 316 Å². The lowest BCUT2D eigenvalue weighted by molar-refractivity contribution is -0.305. The van der Waals surface area contributed by atoms with Crippen LogP contribution in [0.4, 0.5) is 0 Å². The summed E-state index contributed by atoms with van der Waals surface area (Å²) in [5.41, 5.74) is 0. The molecule has 10 nitrogen and oxygen atoms in total. The summed E-state index contributed by atoms with van der Waals surface area (Å²) in [5.74, 6) is -0.802. The average Bonchev–Trinajstić information content (AvgIpc) is 3.14. The van der Waals surface area contributed by atoms with Gasteiger partial charge in [0.25, 0.3) is 0 Å². The van der Waals surface area contributed by atoms with Gasteiger partial charge in [0.15, 0.2) is 12.4 Å². The molecule has 2 unspecified atom stereocenters. The molecule has 52 heavy (non-hydrogen) atoms. The fourth-order valence-corrected chi connectivity index (χ4v) is 6.46. The Morgan fingerprint density at radius 1 is 0.577 bits per heavy atom. The number of aliphatic hydroxyl groups excluding tert-OH is 4. The second-order valence-electron chi connectivity index (χ2n) is 14.8. The normalized spacial score (nSPS) is 21.1. The van der Waals surface area contributed by atoms with Gasteiger partial charge < -0.3 is 39.4 Å². The molecule has 6 atom stereocenters. The third-order valence-electron chi connectivity index (χ3n) is 9.90. The fraction of sp³-hybridized carbons (Fsp3) is 0.905. The van der Waals surface area contributed by atoms with E-state index < -0.39 is 49.4 Å². The smallest absolute Gasteiger partial charge is 0.306 e. The van der Waals surface area contributed by atoms with Gasteiger partial charge in [0.2, 0.25) is 0 Å². The molecule has 10 heteroatoms. The molecule has 4 N–H and O–H groups in total. The number of allylic oxidation sites excluding steroid dienone is 2. The molecule has 0 bridgehead atoms. The molecule has 0 radical (unpaired) electrons. The highest BCUT2D eigenvalue weighted by molar-refractivity contribution is 5.70. The number of aliphatic hydroxyl groups is 4. The zero-order valence-electron chi connectivity index (χ0n) is 33.1. The number of unbranched alkanes of at least 4 members (excludes halogenated alkanes) is 22. The molecule has 0 amide bonds. The van der Waals surface area contributed by atoms with Gasteiger partial charge in [-0.1, -0.05) is 154 Å². The van der Waals surface area contributed by atoms with E-state index >= 15 is 0 Å². The fourth-order valence-electron chi connectivity index (χ4n) is 6.46. The van der Waals surface area contributed by atoms with Crippen LogP contribution in [0.3, 0.4) is 0 Å². The highest BCUT2D eigenvalue weighted by atomic mass is 16.7. The Balaban J connectivity index is 2.35. The van der Waals surface area contributed by atoms with Crippen LogP contribution >= 0.6 is 0 Å². The van der Waals surface area contributed by atoms with Gasteiger partial charge in [-0.3, -0.25) is 9.59 Å². The maximum atomic E-state index is 12.7. The summed E-state index contributed by atoms with van der Waals surface area (Å²) in [6, 6.07) is 0. The first kappa shape index (κ1) is 48.5. The lowest BCUT2D eigenvalue weighted by Gasteiger charge is -2.39. The molecule has 1 fully saturated rings. The Morgan fingerprint density at radius 2 is 1.04 bits per heavy atom. The second-order valence-corrected chi connectivity index (χ2v) is 14.8. The molecule has 0 aromatic carbocycles. The van der Waals surface area contributed by atoms with Crippen LogP contribution in [0, 0.1) is 0 Å². The number of hydrogen-bond donors (Lipinski definition) is 4. The van der Waals surface area contributed by atoms with Crippen LogP contribution < -0.4 is 0 Å². The van der Waals surface area contributed by atoms with Crippen molar-refractivity contribution in [1.82, 2.24) is 0 Å². The first-order valence-electron chi connectivity index (χ1n) is 21.3. The first-order chi connectivity index (χ1) is 25.3. The van der Waals surface area contributed by atoms with Crippen molar-refractivity contribution >= 4 is 11.9 Å². The van der Waals surface area contributed by atoms with Crippen molar-refractivity contribution in [3.8, 4) is 0 Å². The van der Waals surface area contributed by atoms with Crippen LogP contribution in [0.5, 0.6) is 0 Å². The van der Waals surface area contributed by atoms with Crippen LogP contribution in [0.25, 0.3) is 0 Å². The van der Waals surface area contributed by atoms with Crippen LogP contribution in [-0.4, -0.2) is 89.0 Å². The molecule has 306 valence electrons. The van der Waals surface area contributed by atoms with Crippen LogP contribution in [0.1, 0.15) is 187 Å². The number of ether oxygens (including phenoxy) is 4. The highest BCUT2D eigenvalue weighted by Gasteiger charge is 2.44. The Morgan fingerprint density at radius 3 is 1.56 bits per heavy atom. The molecular weight excluding hydrogens is 664 g/mol. The Kier molecular flexibility index (Phi) is 31.7. The minimum absolute atomic E-state index is 0.213. The number of carbonyl (C=O) groups is 2.